The van der Waals surface area contributed by atoms with E-state index in [1.807, 2.05) is 26.0 Å². The largest absolute Gasteiger partial charge is 0.372 e. The predicted molar refractivity (Wildman–Crippen MR) is 96.8 cm³/mol. The van der Waals surface area contributed by atoms with Gasteiger partial charge in [0.1, 0.15) is 6.61 Å². The predicted octanol–water partition coefficient (Wildman–Crippen LogP) is 2.08. The molecular weight excluding hydrogens is 340 g/mol. The van der Waals surface area contributed by atoms with Gasteiger partial charge in [-0.3, -0.25) is 4.79 Å². The molecule has 0 spiro atoms. The molecule has 1 aliphatic heterocycles. The van der Waals surface area contributed by atoms with Gasteiger partial charge in [0.2, 0.25) is 15.9 Å². The van der Waals surface area contributed by atoms with Gasteiger partial charge in [0.05, 0.1) is 4.90 Å². The van der Waals surface area contributed by atoms with Gasteiger partial charge in [-0.25, -0.2) is 8.42 Å². The number of nitrogens with zero attached hydrogens (tertiary/aromatic N) is 1. The molecule has 140 valence electrons. The Labute approximate surface area is 150 Å². The average Bonchev–Trinajstić information content (AvgIpc) is 2.60. The zero-order chi connectivity index (χ0) is 18.3. The summed E-state index contributed by atoms with van der Waals surface area (Å²) in [4.78, 5) is 11.9. The number of rotatable bonds is 8. The molecule has 1 atom stereocenters. The lowest BCUT2D eigenvalue weighted by Crippen LogP contribution is -2.45. The molecule has 25 heavy (non-hydrogen) atoms. The first-order valence-electron chi connectivity index (χ1n) is 8.88. The first-order valence-corrected chi connectivity index (χ1v) is 10.3. The lowest BCUT2D eigenvalue weighted by molar-refractivity contribution is -0.125. The van der Waals surface area contributed by atoms with E-state index in [0.717, 1.165) is 24.8 Å². The topological polar surface area (TPSA) is 75.7 Å². The van der Waals surface area contributed by atoms with Crippen molar-refractivity contribution in [1.29, 1.82) is 0 Å². The number of carbonyl (C=O) groups is 1. The first kappa shape index (κ1) is 19.9. The van der Waals surface area contributed by atoms with Gasteiger partial charge in [-0.05, 0) is 45.2 Å². The quantitative estimate of drug-likeness (QED) is 0.762. The van der Waals surface area contributed by atoms with Crippen LogP contribution in [0.5, 0.6) is 0 Å². The average molecular weight is 368 g/mol. The van der Waals surface area contributed by atoms with Crippen LogP contribution in [0.15, 0.2) is 29.2 Å². The summed E-state index contributed by atoms with van der Waals surface area (Å²) in [5.41, 5.74) is 1.03. The van der Waals surface area contributed by atoms with E-state index in [1.165, 1.54) is 0 Å². The number of amides is 1. The number of sulfonamides is 1. The minimum absolute atomic E-state index is 0.0482. The fraction of sp³-hybridized carbons (Fsp3) is 0.611. The van der Waals surface area contributed by atoms with Gasteiger partial charge in [0, 0.05) is 25.7 Å². The highest BCUT2D eigenvalue weighted by atomic mass is 32.2. The van der Waals surface area contributed by atoms with Gasteiger partial charge in [0.25, 0.3) is 0 Å². The molecule has 0 radical (unpaired) electrons. The zero-order valence-electron chi connectivity index (χ0n) is 15.0. The minimum atomic E-state index is -3.50. The number of nitrogens with one attached hydrogen (secondary N) is 1. The molecule has 1 aliphatic rings. The summed E-state index contributed by atoms with van der Waals surface area (Å²) in [6, 6.07) is 6.90. The Hall–Kier alpha value is -1.44. The maximum absolute atomic E-state index is 13.0. The summed E-state index contributed by atoms with van der Waals surface area (Å²) in [5.74, 6) is -0.161. The van der Waals surface area contributed by atoms with Crippen molar-refractivity contribution in [3.63, 3.8) is 0 Å². The molecule has 0 aromatic heterocycles. The molecule has 1 aromatic carbocycles. The van der Waals surface area contributed by atoms with Crippen LogP contribution in [0.25, 0.3) is 0 Å². The third-order valence-electron chi connectivity index (χ3n) is 4.44. The standard InChI is InChI=1S/C18H28N2O4S/c1-3-24-14-18(21)19-12-11-16-6-4-5-13-20(16)25(22,23)17-9-7-15(2)8-10-17/h7-10,16H,3-6,11-14H2,1-2H3,(H,19,21). The van der Waals surface area contributed by atoms with Crippen LogP contribution in [0.1, 0.15) is 38.2 Å². The molecule has 1 aromatic rings. The highest BCUT2D eigenvalue weighted by Crippen LogP contribution is 2.27. The summed E-state index contributed by atoms with van der Waals surface area (Å²) in [7, 11) is -3.50. The Bertz CT molecular complexity index is 658. The number of carbonyl (C=O) groups excluding carboxylic acids is 1. The van der Waals surface area contributed by atoms with Crippen molar-refractivity contribution >= 4 is 15.9 Å². The number of ether oxygens (including phenoxy) is 1. The zero-order valence-corrected chi connectivity index (χ0v) is 15.8. The van der Waals surface area contributed by atoms with Crippen molar-refractivity contribution in [3.05, 3.63) is 29.8 Å². The molecule has 1 fully saturated rings. The van der Waals surface area contributed by atoms with E-state index in [0.29, 0.717) is 31.0 Å². The van der Waals surface area contributed by atoms with Crippen LogP contribution < -0.4 is 5.32 Å². The lowest BCUT2D eigenvalue weighted by atomic mass is 10.0. The van der Waals surface area contributed by atoms with Gasteiger partial charge in [0.15, 0.2) is 0 Å². The normalized spacial score (nSPS) is 18.9. The Kier molecular flexibility index (Phi) is 7.40. The van der Waals surface area contributed by atoms with Crippen LogP contribution >= 0.6 is 0 Å². The van der Waals surface area contributed by atoms with E-state index < -0.39 is 10.0 Å². The Morgan fingerprint density at radius 2 is 2.00 bits per heavy atom. The van der Waals surface area contributed by atoms with Gasteiger partial charge >= 0.3 is 0 Å². The number of hydrogen-bond acceptors (Lipinski definition) is 4. The highest BCUT2D eigenvalue weighted by Gasteiger charge is 2.33. The lowest BCUT2D eigenvalue weighted by Gasteiger charge is -2.34. The highest BCUT2D eigenvalue weighted by molar-refractivity contribution is 7.89. The van der Waals surface area contributed by atoms with E-state index in [1.54, 1.807) is 16.4 Å². The first-order chi connectivity index (χ1) is 11.9. The second-order valence-corrected chi connectivity index (χ2v) is 8.24. The van der Waals surface area contributed by atoms with E-state index in [9.17, 15) is 13.2 Å². The number of benzene rings is 1. The molecule has 1 saturated heterocycles. The summed E-state index contributed by atoms with van der Waals surface area (Å²) in [6.45, 7) is 5.31. The van der Waals surface area contributed by atoms with Crippen molar-refractivity contribution in [3.8, 4) is 0 Å². The smallest absolute Gasteiger partial charge is 0.245 e. The summed E-state index contributed by atoms with van der Waals surface area (Å²) in [5, 5.41) is 2.80. The number of aryl methyl sites for hydroxylation is 1. The Balaban J connectivity index is 1.99. The minimum Gasteiger partial charge on any atom is -0.372 e. The van der Waals surface area contributed by atoms with Crippen LogP contribution in [0.3, 0.4) is 0 Å². The van der Waals surface area contributed by atoms with Crippen LogP contribution in [-0.4, -0.2) is 51.0 Å². The molecule has 6 nitrogen and oxygen atoms in total. The van der Waals surface area contributed by atoms with E-state index in [4.69, 9.17) is 4.74 Å². The maximum Gasteiger partial charge on any atom is 0.245 e. The third kappa shape index (κ3) is 5.52. The van der Waals surface area contributed by atoms with E-state index >= 15 is 0 Å². The van der Waals surface area contributed by atoms with Gasteiger partial charge in [-0.15, -0.1) is 0 Å². The molecule has 2 rings (SSSR count). The molecular formula is C18H28N2O4S. The van der Waals surface area contributed by atoms with Crippen LogP contribution in [0, 0.1) is 6.92 Å². The summed E-state index contributed by atoms with van der Waals surface area (Å²) < 4.78 is 32.6. The van der Waals surface area contributed by atoms with Crippen LogP contribution in [-0.2, 0) is 19.6 Å². The Morgan fingerprint density at radius 1 is 1.28 bits per heavy atom. The molecule has 0 aliphatic carbocycles. The second kappa shape index (κ2) is 9.31. The van der Waals surface area contributed by atoms with E-state index in [2.05, 4.69) is 5.32 Å². The SMILES string of the molecule is CCOCC(=O)NCCC1CCCCN1S(=O)(=O)c1ccc(C)cc1. The fourth-order valence-electron chi connectivity index (χ4n) is 3.05. The molecule has 1 heterocycles. The van der Waals surface area contributed by atoms with Gasteiger partial charge in [-0.2, -0.15) is 4.31 Å². The van der Waals surface area contributed by atoms with Crippen molar-refractivity contribution in [1.82, 2.24) is 9.62 Å². The van der Waals surface area contributed by atoms with Crippen molar-refractivity contribution in [2.24, 2.45) is 0 Å². The van der Waals surface area contributed by atoms with Crippen LogP contribution in [0.4, 0.5) is 0 Å². The maximum atomic E-state index is 13.0. The molecule has 1 amide bonds. The second-order valence-electron chi connectivity index (χ2n) is 6.35. The van der Waals surface area contributed by atoms with Gasteiger partial charge in [-0.1, -0.05) is 24.1 Å². The molecule has 0 saturated carbocycles. The van der Waals surface area contributed by atoms with Crippen molar-refractivity contribution in [2.45, 2.75) is 50.5 Å². The van der Waals surface area contributed by atoms with Crippen LogP contribution in [0.2, 0.25) is 0 Å². The van der Waals surface area contributed by atoms with E-state index in [-0.39, 0.29) is 18.6 Å². The molecule has 0 bridgehead atoms. The monoisotopic (exact) mass is 368 g/mol. The van der Waals surface area contributed by atoms with Crippen molar-refractivity contribution in [2.75, 3.05) is 26.3 Å². The number of piperidine rings is 1. The Morgan fingerprint density at radius 3 is 2.68 bits per heavy atom. The fourth-order valence-corrected chi connectivity index (χ4v) is 4.77. The van der Waals surface area contributed by atoms with Crippen molar-refractivity contribution < 1.29 is 17.9 Å². The molecule has 1 N–H and O–H groups in total. The van der Waals surface area contributed by atoms with Gasteiger partial charge < -0.3 is 10.1 Å². The third-order valence-corrected chi connectivity index (χ3v) is 6.40. The number of hydrogen-bond donors (Lipinski definition) is 1. The molecule has 7 heteroatoms. The summed E-state index contributed by atoms with van der Waals surface area (Å²) in [6.07, 6.45) is 3.32. The summed E-state index contributed by atoms with van der Waals surface area (Å²) >= 11 is 0. The molecule has 1 unspecified atom stereocenters.